The average molecular weight is 360 g/mol. The minimum atomic E-state index is -0.532. The van der Waals surface area contributed by atoms with Crippen LogP contribution in [-0.2, 0) is 16.1 Å². The first kappa shape index (κ1) is 19.3. The van der Waals surface area contributed by atoms with E-state index in [0.29, 0.717) is 23.7 Å². The molecule has 26 heavy (non-hydrogen) atoms. The van der Waals surface area contributed by atoms with Crippen LogP contribution in [0.4, 0.5) is 4.39 Å². The molecule has 0 aromatic heterocycles. The summed E-state index contributed by atoms with van der Waals surface area (Å²) in [6, 6.07) is 9.72. The van der Waals surface area contributed by atoms with Gasteiger partial charge < -0.3 is 18.9 Å². The van der Waals surface area contributed by atoms with E-state index < -0.39 is 11.8 Å². The Balaban J connectivity index is 1.96. The first-order valence-electron chi connectivity index (χ1n) is 8.05. The Morgan fingerprint density at radius 2 is 1.77 bits per heavy atom. The van der Waals surface area contributed by atoms with E-state index in [1.54, 1.807) is 37.5 Å². The summed E-state index contributed by atoms with van der Waals surface area (Å²) in [6.45, 7) is 2.35. The van der Waals surface area contributed by atoms with Crippen LogP contribution < -0.4 is 14.2 Å². The standard InChI is InChI=1S/C20H21FO5/c1-4-25-19-12-14(5-9-18(19)24-3)7-10-20(22)26-13-15-6-8-17(23-2)16(21)11-15/h5-12H,4,13H2,1-3H3/b10-7+. The van der Waals surface area contributed by atoms with Gasteiger partial charge in [-0.1, -0.05) is 12.1 Å². The molecule has 0 saturated heterocycles. The normalized spacial score (nSPS) is 10.6. The van der Waals surface area contributed by atoms with Crippen molar-refractivity contribution < 1.29 is 28.1 Å². The van der Waals surface area contributed by atoms with Gasteiger partial charge in [-0.3, -0.25) is 0 Å². The predicted octanol–water partition coefficient (Wildman–Crippen LogP) is 4.00. The Hall–Kier alpha value is -3.02. The summed E-state index contributed by atoms with van der Waals surface area (Å²) in [4.78, 5) is 11.8. The SMILES string of the molecule is CCOc1cc(/C=C/C(=O)OCc2ccc(OC)c(F)c2)ccc1OC. The van der Waals surface area contributed by atoms with Crippen molar-refractivity contribution in [3.05, 3.63) is 59.4 Å². The van der Waals surface area contributed by atoms with Crippen LogP contribution >= 0.6 is 0 Å². The second-order valence-corrected chi connectivity index (χ2v) is 5.25. The van der Waals surface area contributed by atoms with Crippen LogP contribution in [0.25, 0.3) is 6.08 Å². The minimum Gasteiger partial charge on any atom is -0.494 e. The van der Waals surface area contributed by atoms with Gasteiger partial charge in [-0.2, -0.15) is 0 Å². The van der Waals surface area contributed by atoms with E-state index in [2.05, 4.69) is 0 Å². The van der Waals surface area contributed by atoms with Crippen LogP contribution in [0.3, 0.4) is 0 Å². The Morgan fingerprint density at radius 3 is 2.42 bits per heavy atom. The zero-order chi connectivity index (χ0) is 18.9. The van der Waals surface area contributed by atoms with Crippen molar-refractivity contribution in [3.63, 3.8) is 0 Å². The highest BCUT2D eigenvalue weighted by Gasteiger charge is 2.06. The van der Waals surface area contributed by atoms with Gasteiger partial charge in [-0.05, 0) is 48.4 Å². The molecule has 0 unspecified atom stereocenters. The van der Waals surface area contributed by atoms with E-state index in [4.69, 9.17) is 18.9 Å². The van der Waals surface area contributed by atoms with Gasteiger partial charge in [0.15, 0.2) is 23.1 Å². The van der Waals surface area contributed by atoms with Crippen LogP contribution in [0.1, 0.15) is 18.1 Å². The van der Waals surface area contributed by atoms with Crippen LogP contribution in [-0.4, -0.2) is 26.8 Å². The molecular formula is C20H21FO5. The second-order valence-electron chi connectivity index (χ2n) is 5.25. The average Bonchev–Trinajstić information content (AvgIpc) is 2.65. The third-order valence-electron chi connectivity index (χ3n) is 3.50. The first-order chi connectivity index (χ1) is 12.6. The number of hydrogen-bond acceptors (Lipinski definition) is 5. The quantitative estimate of drug-likeness (QED) is 0.526. The molecular weight excluding hydrogens is 339 g/mol. The molecule has 0 aliphatic heterocycles. The van der Waals surface area contributed by atoms with Gasteiger partial charge in [0.1, 0.15) is 6.61 Å². The number of esters is 1. The van der Waals surface area contributed by atoms with Gasteiger partial charge >= 0.3 is 5.97 Å². The molecule has 0 fully saturated rings. The Kier molecular flexibility index (Phi) is 7.02. The molecule has 5 nitrogen and oxygen atoms in total. The highest BCUT2D eigenvalue weighted by atomic mass is 19.1. The molecule has 138 valence electrons. The lowest BCUT2D eigenvalue weighted by molar-refractivity contribution is -0.138. The number of benzene rings is 2. The number of ether oxygens (including phenoxy) is 4. The van der Waals surface area contributed by atoms with Crippen molar-refractivity contribution in [2.24, 2.45) is 0 Å². The number of carbonyl (C=O) groups excluding carboxylic acids is 1. The third-order valence-corrected chi connectivity index (χ3v) is 3.50. The van der Waals surface area contributed by atoms with Gasteiger partial charge in [0, 0.05) is 6.08 Å². The maximum absolute atomic E-state index is 13.6. The molecule has 6 heteroatoms. The molecule has 0 saturated carbocycles. The maximum Gasteiger partial charge on any atom is 0.331 e. The van der Waals surface area contributed by atoms with E-state index in [1.807, 2.05) is 6.92 Å². The highest BCUT2D eigenvalue weighted by Crippen LogP contribution is 2.28. The molecule has 2 aromatic rings. The fourth-order valence-electron chi connectivity index (χ4n) is 2.23. The molecule has 0 spiro atoms. The molecule has 0 N–H and O–H groups in total. The van der Waals surface area contributed by atoms with Crippen molar-refractivity contribution >= 4 is 12.0 Å². The van der Waals surface area contributed by atoms with Crippen molar-refractivity contribution in [1.82, 2.24) is 0 Å². The molecule has 2 aromatic carbocycles. The molecule has 0 amide bonds. The Labute approximate surface area is 151 Å². The van der Waals surface area contributed by atoms with Crippen LogP contribution in [0.15, 0.2) is 42.5 Å². The highest BCUT2D eigenvalue weighted by molar-refractivity contribution is 5.87. The summed E-state index contributed by atoms with van der Waals surface area (Å²) < 4.78 is 34.3. The predicted molar refractivity (Wildman–Crippen MR) is 95.9 cm³/mol. The van der Waals surface area contributed by atoms with Gasteiger partial charge in [-0.25, -0.2) is 9.18 Å². The van der Waals surface area contributed by atoms with Gasteiger partial charge in [0.05, 0.1) is 20.8 Å². The molecule has 0 aliphatic rings. The van der Waals surface area contributed by atoms with Crippen molar-refractivity contribution in [2.75, 3.05) is 20.8 Å². The number of carbonyl (C=O) groups is 1. The molecule has 2 rings (SSSR count). The number of halogens is 1. The topological polar surface area (TPSA) is 54.0 Å². The van der Waals surface area contributed by atoms with E-state index in [1.165, 1.54) is 25.3 Å². The summed E-state index contributed by atoms with van der Waals surface area (Å²) in [6.07, 6.45) is 2.91. The van der Waals surface area contributed by atoms with Crippen molar-refractivity contribution in [1.29, 1.82) is 0 Å². The maximum atomic E-state index is 13.6. The van der Waals surface area contributed by atoms with Crippen molar-refractivity contribution in [3.8, 4) is 17.2 Å². The lowest BCUT2D eigenvalue weighted by Gasteiger charge is -2.09. The summed E-state index contributed by atoms with van der Waals surface area (Å²) in [5.41, 5.74) is 1.30. The molecule has 0 heterocycles. The molecule has 0 atom stereocenters. The van der Waals surface area contributed by atoms with Crippen molar-refractivity contribution in [2.45, 2.75) is 13.5 Å². The number of hydrogen-bond donors (Lipinski definition) is 0. The number of methoxy groups -OCH3 is 2. The summed E-state index contributed by atoms with van der Waals surface area (Å²) >= 11 is 0. The third kappa shape index (κ3) is 5.24. The van der Waals surface area contributed by atoms with E-state index in [-0.39, 0.29) is 12.4 Å². The van der Waals surface area contributed by atoms with E-state index >= 15 is 0 Å². The Morgan fingerprint density at radius 1 is 1.04 bits per heavy atom. The van der Waals surface area contributed by atoms with Gasteiger partial charge in [-0.15, -0.1) is 0 Å². The monoisotopic (exact) mass is 360 g/mol. The lowest BCUT2D eigenvalue weighted by Crippen LogP contribution is -2.01. The van der Waals surface area contributed by atoms with E-state index in [0.717, 1.165) is 5.56 Å². The fraction of sp³-hybridized carbons (Fsp3) is 0.250. The van der Waals surface area contributed by atoms with Gasteiger partial charge in [0.25, 0.3) is 0 Å². The first-order valence-corrected chi connectivity index (χ1v) is 8.05. The molecule has 0 radical (unpaired) electrons. The largest absolute Gasteiger partial charge is 0.494 e. The van der Waals surface area contributed by atoms with Gasteiger partial charge in [0.2, 0.25) is 0 Å². The van der Waals surface area contributed by atoms with Crippen LogP contribution in [0.5, 0.6) is 17.2 Å². The second kappa shape index (κ2) is 9.46. The van der Waals surface area contributed by atoms with Crippen LogP contribution in [0.2, 0.25) is 0 Å². The summed E-state index contributed by atoms with van der Waals surface area (Å²) in [5, 5.41) is 0. The minimum absolute atomic E-state index is 0.0309. The Bertz CT molecular complexity index is 786. The zero-order valence-corrected chi connectivity index (χ0v) is 15.0. The van der Waals surface area contributed by atoms with E-state index in [9.17, 15) is 9.18 Å². The molecule has 0 bridgehead atoms. The number of rotatable bonds is 8. The van der Waals surface area contributed by atoms with Crippen LogP contribution in [0, 0.1) is 5.82 Å². The summed E-state index contributed by atoms with van der Waals surface area (Å²) in [5.74, 6) is 0.324. The summed E-state index contributed by atoms with van der Waals surface area (Å²) in [7, 11) is 2.95. The zero-order valence-electron chi connectivity index (χ0n) is 15.0. The smallest absolute Gasteiger partial charge is 0.331 e. The fourth-order valence-corrected chi connectivity index (χ4v) is 2.23. The lowest BCUT2D eigenvalue weighted by atomic mass is 10.2. The molecule has 0 aliphatic carbocycles.